The third-order valence-corrected chi connectivity index (χ3v) is 6.61. The number of hydrogen-bond donors (Lipinski definition) is 0. The van der Waals surface area contributed by atoms with Crippen molar-refractivity contribution >= 4 is 22.9 Å². The van der Waals surface area contributed by atoms with Gasteiger partial charge in [-0.05, 0) is 44.9 Å². The zero-order valence-electron chi connectivity index (χ0n) is 16.6. The largest absolute Gasteiger partial charge is 0.354 e. The summed E-state index contributed by atoms with van der Waals surface area (Å²) in [5.41, 5.74) is 1.89. The highest BCUT2D eigenvalue weighted by Gasteiger charge is 2.31. The molecule has 0 spiro atoms. The SMILES string of the molecule is O=C([C@H]1CCCN(c2ncnc3c2nc2n3CCCCC2)C1)N1CCCCC1. The van der Waals surface area contributed by atoms with E-state index in [2.05, 4.69) is 24.3 Å². The lowest BCUT2D eigenvalue weighted by Crippen LogP contribution is -2.46. The first-order valence-corrected chi connectivity index (χ1v) is 11.0. The summed E-state index contributed by atoms with van der Waals surface area (Å²) in [7, 11) is 0. The van der Waals surface area contributed by atoms with Crippen molar-refractivity contribution in [1.82, 2.24) is 24.4 Å². The molecule has 0 N–H and O–H groups in total. The average Bonchev–Trinajstić information content (AvgIpc) is 2.95. The number of carbonyl (C=O) groups excluding carboxylic acids is 1. The smallest absolute Gasteiger partial charge is 0.227 e. The van der Waals surface area contributed by atoms with Crippen LogP contribution in [0.4, 0.5) is 5.82 Å². The standard InChI is InChI=1S/C21H30N6O/c28-21(25-10-4-2-5-11-25)16-8-7-12-26(14-16)19-18-20(23-15-22-19)27-13-6-1-3-9-17(27)24-18/h15-16H,1-14H2/t16-/m0/s1. The van der Waals surface area contributed by atoms with Crippen LogP contribution in [0.5, 0.6) is 0 Å². The van der Waals surface area contributed by atoms with Gasteiger partial charge in [0.05, 0.1) is 5.92 Å². The Balaban J connectivity index is 1.41. The Morgan fingerprint density at radius 1 is 0.929 bits per heavy atom. The van der Waals surface area contributed by atoms with Crippen molar-refractivity contribution in [3.63, 3.8) is 0 Å². The van der Waals surface area contributed by atoms with Crippen LogP contribution >= 0.6 is 0 Å². The van der Waals surface area contributed by atoms with Crippen LogP contribution in [0.1, 0.15) is 57.2 Å². The molecule has 28 heavy (non-hydrogen) atoms. The second-order valence-electron chi connectivity index (χ2n) is 8.53. The Labute approximate surface area is 166 Å². The lowest BCUT2D eigenvalue weighted by molar-refractivity contribution is -0.136. The van der Waals surface area contributed by atoms with E-state index in [0.717, 1.165) is 87.6 Å². The molecule has 0 unspecified atom stereocenters. The molecule has 1 amide bonds. The molecule has 3 aliphatic rings. The Kier molecular flexibility index (Phi) is 4.91. The fourth-order valence-electron chi connectivity index (χ4n) is 5.10. The highest BCUT2D eigenvalue weighted by atomic mass is 16.2. The molecule has 0 saturated carbocycles. The van der Waals surface area contributed by atoms with Gasteiger partial charge >= 0.3 is 0 Å². The molecule has 2 saturated heterocycles. The van der Waals surface area contributed by atoms with Crippen LogP contribution < -0.4 is 4.90 Å². The van der Waals surface area contributed by atoms with Crippen LogP contribution in [-0.4, -0.2) is 56.5 Å². The fourth-order valence-corrected chi connectivity index (χ4v) is 5.10. The van der Waals surface area contributed by atoms with E-state index in [1.807, 2.05) is 0 Å². The zero-order chi connectivity index (χ0) is 18.9. The van der Waals surface area contributed by atoms with Gasteiger partial charge < -0.3 is 14.4 Å². The molecular formula is C21H30N6O. The summed E-state index contributed by atoms with van der Waals surface area (Å²) in [5, 5.41) is 0. The van der Waals surface area contributed by atoms with Gasteiger partial charge in [-0.1, -0.05) is 6.42 Å². The van der Waals surface area contributed by atoms with E-state index in [-0.39, 0.29) is 5.92 Å². The predicted molar refractivity (Wildman–Crippen MR) is 108 cm³/mol. The third kappa shape index (κ3) is 3.25. The number of carbonyl (C=O) groups is 1. The highest BCUT2D eigenvalue weighted by molar-refractivity contribution is 5.85. The summed E-state index contributed by atoms with van der Waals surface area (Å²) in [6.45, 7) is 4.56. The third-order valence-electron chi connectivity index (χ3n) is 6.61. The Hall–Kier alpha value is -2.18. The average molecular weight is 383 g/mol. The first-order chi connectivity index (χ1) is 13.8. The van der Waals surface area contributed by atoms with Gasteiger partial charge in [-0.3, -0.25) is 4.79 Å². The van der Waals surface area contributed by atoms with Gasteiger partial charge in [0, 0.05) is 39.1 Å². The summed E-state index contributed by atoms with van der Waals surface area (Å²) in [4.78, 5) is 31.5. The number of rotatable bonds is 2. The Morgan fingerprint density at radius 2 is 1.75 bits per heavy atom. The van der Waals surface area contributed by atoms with Crippen molar-refractivity contribution in [1.29, 1.82) is 0 Å². The quantitative estimate of drug-likeness (QED) is 0.799. The molecule has 0 aliphatic carbocycles. The van der Waals surface area contributed by atoms with Gasteiger partial charge in [-0.15, -0.1) is 0 Å². The molecule has 0 aromatic carbocycles. The molecule has 5 heterocycles. The highest BCUT2D eigenvalue weighted by Crippen LogP contribution is 2.30. The maximum Gasteiger partial charge on any atom is 0.227 e. The van der Waals surface area contributed by atoms with Crippen molar-refractivity contribution in [2.75, 3.05) is 31.1 Å². The van der Waals surface area contributed by atoms with Crippen molar-refractivity contribution in [3.05, 3.63) is 12.2 Å². The second kappa shape index (κ2) is 7.68. The predicted octanol–water partition coefficient (Wildman–Crippen LogP) is 2.78. The second-order valence-corrected chi connectivity index (χ2v) is 8.53. The summed E-state index contributed by atoms with van der Waals surface area (Å²) >= 11 is 0. The van der Waals surface area contributed by atoms with Crippen LogP contribution in [0.15, 0.2) is 6.33 Å². The van der Waals surface area contributed by atoms with E-state index < -0.39 is 0 Å². The van der Waals surface area contributed by atoms with E-state index >= 15 is 0 Å². The van der Waals surface area contributed by atoms with E-state index in [1.165, 1.54) is 25.7 Å². The summed E-state index contributed by atoms with van der Waals surface area (Å²) in [5.74, 6) is 2.49. The van der Waals surface area contributed by atoms with Crippen LogP contribution in [0.25, 0.3) is 11.2 Å². The fraction of sp³-hybridized carbons (Fsp3) is 0.714. The van der Waals surface area contributed by atoms with Gasteiger partial charge in [0.15, 0.2) is 17.0 Å². The molecule has 5 rings (SSSR count). The molecule has 7 nitrogen and oxygen atoms in total. The molecule has 1 atom stereocenters. The first-order valence-electron chi connectivity index (χ1n) is 11.0. The number of aryl methyl sites for hydroxylation is 2. The van der Waals surface area contributed by atoms with Gasteiger partial charge in [-0.25, -0.2) is 15.0 Å². The van der Waals surface area contributed by atoms with Crippen LogP contribution in [0, 0.1) is 5.92 Å². The maximum absolute atomic E-state index is 13.0. The van der Waals surface area contributed by atoms with Crippen molar-refractivity contribution in [2.45, 2.75) is 64.3 Å². The topological polar surface area (TPSA) is 67.2 Å². The number of fused-ring (bicyclic) bond motifs is 3. The van der Waals surface area contributed by atoms with Crippen LogP contribution in [0.2, 0.25) is 0 Å². The number of aromatic nitrogens is 4. The Bertz CT molecular complexity index is 856. The molecule has 2 aromatic heterocycles. The number of imidazole rings is 1. The molecule has 3 aliphatic heterocycles. The molecule has 2 fully saturated rings. The van der Waals surface area contributed by atoms with Crippen molar-refractivity contribution in [2.24, 2.45) is 5.92 Å². The number of piperidine rings is 2. The molecular weight excluding hydrogens is 352 g/mol. The minimum absolute atomic E-state index is 0.0808. The lowest BCUT2D eigenvalue weighted by atomic mass is 9.95. The van der Waals surface area contributed by atoms with Crippen LogP contribution in [-0.2, 0) is 17.8 Å². The number of amides is 1. The number of anilines is 1. The van der Waals surface area contributed by atoms with Crippen molar-refractivity contribution < 1.29 is 4.79 Å². The van der Waals surface area contributed by atoms with Gasteiger partial charge in [-0.2, -0.15) is 0 Å². The molecule has 7 heteroatoms. The minimum atomic E-state index is 0.0808. The van der Waals surface area contributed by atoms with Gasteiger partial charge in [0.25, 0.3) is 0 Å². The normalized spacial score (nSPS) is 23.5. The molecule has 0 bridgehead atoms. The first kappa shape index (κ1) is 17.9. The van der Waals surface area contributed by atoms with E-state index in [0.29, 0.717) is 5.91 Å². The van der Waals surface area contributed by atoms with Crippen molar-refractivity contribution in [3.8, 4) is 0 Å². The minimum Gasteiger partial charge on any atom is -0.354 e. The summed E-state index contributed by atoms with van der Waals surface area (Å²) in [6.07, 6.45) is 11.9. The lowest BCUT2D eigenvalue weighted by Gasteiger charge is -2.36. The zero-order valence-corrected chi connectivity index (χ0v) is 16.6. The molecule has 0 radical (unpaired) electrons. The summed E-state index contributed by atoms with van der Waals surface area (Å²) in [6, 6.07) is 0. The van der Waals surface area contributed by atoms with E-state index in [1.54, 1.807) is 6.33 Å². The van der Waals surface area contributed by atoms with Gasteiger partial charge in [0.1, 0.15) is 12.2 Å². The Morgan fingerprint density at radius 3 is 2.64 bits per heavy atom. The monoisotopic (exact) mass is 382 g/mol. The molecule has 150 valence electrons. The number of hydrogen-bond acceptors (Lipinski definition) is 5. The maximum atomic E-state index is 13.0. The number of likely N-dealkylation sites (tertiary alicyclic amines) is 1. The summed E-state index contributed by atoms with van der Waals surface area (Å²) < 4.78 is 2.29. The molecule has 2 aromatic rings. The van der Waals surface area contributed by atoms with Gasteiger partial charge in [0.2, 0.25) is 5.91 Å². The number of nitrogens with zero attached hydrogens (tertiary/aromatic N) is 6. The van der Waals surface area contributed by atoms with E-state index in [9.17, 15) is 4.79 Å². The van der Waals surface area contributed by atoms with E-state index in [4.69, 9.17) is 4.98 Å². The van der Waals surface area contributed by atoms with Crippen LogP contribution in [0.3, 0.4) is 0 Å².